The van der Waals surface area contributed by atoms with Crippen LogP contribution < -0.4 is 5.32 Å². The highest BCUT2D eigenvalue weighted by Crippen LogP contribution is 2.33. The van der Waals surface area contributed by atoms with Crippen LogP contribution in [0.5, 0.6) is 0 Å². The lowest BCUT2D eigenvalue weighted by Crippen LogP contribution is -2.28. The minimum atomic E-state index is -1.27. The Bertz CT molecular complexity index is 750. The van der Waals surface area contributed by atoms with Crippen molar-refractivity contribution in [1.82, 2.24) is 10.5 Å². The fraction of sp³-hybridized carbons (Fsp3) is 0.312. The molecule has 1 aliphatic carbocycles. The van der Waals surface area contributed by atoms with Gasteiger partial charge in [-0.3, -0.25) is 4.79 Å². The number of carboxylic acid groups (broad SMARTS) is 1. The molecule has 2 aromatic rings. The van der Waals surface area contributed by atoms with Crippen molar-refractivity contribution in [2.75, 3.05) is 0 Å². The summed E-state index contributed by atoms with van der Waals surface area (Å²) in [6, 6.07) is 4.89. The number of carbonyl (C=O) groups excluding carboxylic acids is 1. The van der Waals surface area contributed by atoms with Crippen molar-refractivity contribution in [3.8, 4) is 11.3 Å². The second kappa shape index (κ2) is 5.83. The Morgan fingerprint density at radius 3 is 2.57 bits per heavy atom. The summed E-state index contributed by atoms with van der Waals surface area (Å²) in [5.41, 5.74) is 1.08. The molecular formula is C16H15FN2O4. The monoisotopic (exact) mass is 318 g/mol. The molecule has 1 saturated carbocycles. The second-order valence-electron chi connectivity index (χ2n) is 5.59. The van der Waals surface area contributed by atoms with Crippen molar-refractivity contribution in [2.45, 2.75) is 25.8 Å². The maximum absolute atomic E-state index is 13.1. The SMILES string of the molecule is C[C@@H](NC(=O)C1CC1)c1c(-c2ccc(F)cc2)noc1C(=O)O. The molecule has 1 aromatic heterocycles. The van der Waals surface area contributed by atoms with Gasteiger partial charge in [-0.1, -0.05) is 5.16 Å². The average molecular weight is 318 g/mol. The molecule has 1 aliphatic rings. The summed E-state index contributed by atoms with van der Waals surface area (Å²) in [7, 11) is 0. The number of carboxylic acids is 1. The molecular weight excluding hydrogens is 303 g/mol. The third kappa shape index (κ3) is 3.08. The summed E-state index contributed by atoms with van der Waals surface area (Å²) in [5, 5.41) is 15.8. The molecule has 0 bridgehead atoms. The lowest BCUT2D eigenvalue weighted by Gasteiger charge is -2.14. The van der Waals surface area contributed by atoms with Gasteiger partial charge in [0.25, 0.3) is 0 Å². The normalized spacial score (nSPS) is 15.2. The molecule has 1 atom stereocenters. The standard InChI is InChI=1S/C16H15FN2O4/c1-8(18-15(20)10-2-3-10)12-13(19-23-14(12)16(21)22)9-4-6-11(17)7-5-9/h4-8,10H,2-3H2,1H3,(H,18,20)(H,21,22)/t8-/m1/s1. The zero-order chi connectivity index (χ0) is 16.6. The Hall–Kier alpha value is -2.70. The quantitative estimate of drug-likeness (QED) is 0.884. The number of hydrogen-bond acceptors (Lipinski definition) is 4. The smallest absolute Gasteiger partial charge is 0.375 e. The Morgan fingerprint density at radius 1 is 1.35 bits per heavy atom. The van der Waals surface area contributed by atoms with Crippen LogP contribution in [0.1, 0.15) is 41.9 Å². The number of carbonyl (C=O) groups is 2. The molecule has 0 radical (unpaired) electrons. The number of aromatic nitrogens is 1. The minimum absolute atomic E-state index is 0.000130. The third-order valence-electron chi connectivity index (χ3n) is 3.78. The number of amides is 1. The molecule has 3 rings (SSSR count). The Morgan fingerprint density at radius 2 is 2.00 bits per heavy atom. The number of hydrogen-bond donors (Lipinski definition) is 2. The lowest BCUT2D eigenvalue weighted by atomic mass is 10.0. The first kappa shape index (κ1) is 15.2. The summed E-state index contributed by atoms with van der Waals surface area (Å²) in [6.45, 7) is 1.67. The van der Waals surface area contributed by atoms with E-state index in [1.54, 1.807) is 6.92 Å². The van der Waals surface area contributed by atoms with E-state index in [4.69, 9.17) is 4.52 Å². The van der Waals surface area contributed by atoms with Crippen LogP contribution in [0.3, 0.4) is 0 Å². The molecule has 1 aromatic carbocycles. The number of nitrogens with one attached hydrogen (secondary N) is 1. The first-order valence-corrected chi connectivity index (χ1v) is 7.26. The molecule has 1 fully saturated rings. The topological polar surface area (TPSA) is 92.4 Å². The van der Waals surface area contributed by atoms with E-state index in [2.05, 4.69) is 10.5 Å². The molecule has 6 nitrogen and oxygen atoms in total. The molecule has 2 N–H and O–H groups in total. The van der Waals surface area contributed by atoms with Crippen LogP contribution in [0.2, 0.25) is 0 Å². The fourth-order valence-corrected chi connectivity index (χ4v) is 2.42. The third-order valence-corrected chi connectivity index (χ3v) is 3.78. The predicted molar refractivity (Wildman–Crippen MR) is 78.1 cm³/mol. The molecule has 0 spiro atoms. The van der Waals surface area contributed by atoms with E-state index in [9.17, 15) is 19.1 Å². The first-order chi connectivity index (χ1) is 11.0. The molecule has 0 aliphatic heterocycles. The van der Waals surface area contributed by atoms with E-state index in [1.807, 2.05) is 0 Å². The van der Waals surface area contributed by atoms with Crippen LogP contribution in [-0.2, 0) is 4.79 Å². The van der Waals surface area contributed by atoms with Crippen molar-refractivity contribution in [3.63, 3.8) is 0 Å². The number of benzene rings is 1. The van der Waals surface area contributed by atoms with Gasteiger partial charge in [-0.15, -0.1) is 0 Å². The Labute approximate surface area is 131 Å². The lowest BCUT2D eigenvalue weighted by molar-refractivity contribution is -0.122. The summed E-state index contributed by atoms with van der Waals surface area (Å²) >= 11 is 0. The van der Waals surface area contributed by atoms with Gasteiger partial charge in [0, 0.05) is 11.5 Å². The second-order valence-corrected chi connectivity index (χ2v) is 5.59. The van der Waals surface area contributed by atoms with Crippen molar-refractivity contribution in [1.29, 1.82) is 0 Å². The van der Waals surface area contributed by atoms with Crippen LogP contribution in [0.15, 0.2) is 28.8 Å². The highest BCUT2D eigenvalue weighted by atomic mass is 19.1. The van der Waals surface area contributed by atoms with Crippen LogP contribution >= 0.6 is 0 Å². The Kier molecular flexibility index (Phi) is 3.85. The van der Waals surface area contributed by atoms with E-state index in [0.717, 1.165) is 12.8 Å². The minimum Gasteiger partial charge on any atom is -0.475 e. The van der Waals surface area contributed by atoms with Crippen molar-refractivity contribution >= 4 is 11.9 Å². The highest BCUT2D eigenvalue weighted by molar-refractivity contribution is 5.89. The van der Waals surface area contributed by atoms with Gasteiger partial charge >= 0.3 is 5.97 Å². The zero-order valence-corrected chi connectivity index (χ0v) is 12.4. The largest absolute Gasteiger partial charge is 0.475 e. The summed E-state index contributed by atoms with van der Waals surface area (Å²) < 4.78 is 18.0. The van der Waals surface area contributed by atoms with E-state index in [0.29, 0.717) is 5.56 Å². The summed E-state index contributed by atoms with van der Waals surface area (Å²) in [5.74, 6) is -2.12. The summed E-state index contributed by atoms with van der Waals surface area (Å²) in [4.78, 5) is 23.3. The van der Waals surface area contributed by atoms with Crippen molar-refractivity contribution in [2.24, 2.45) is 5.92 Å². The average Bonchev–Trinajstić information content (AvgIpc) is 3.26. The van der Waals surface area contributed by atoms with Crippen molar-refractivity contribution in [3.05, 3.63) is 41.4 Å². The maximum Gasteiger partial charge on any atom is 0.375 e. The van der Waals surface area contributed by atoms with Gasteiger partial charge in [0.2, 0.25) is 11.7 Å². The predicted octanol–water partition coefficient (Wildman–Crippen LogP) is 2.77. The van der Waals surface area contributed by atoms with Crippen LogP contribution in [0, 0.1) is 11.7 Å². The van der Waals surface area contributed by atoms with Crippen LogP contribution in [0.4, 0.5) is 4.39 Å². The van der Waals surface area contributed by atoms with Crippen LogP contribution in [-0.4, -0.2) is 22.1 Å². The molecule has 0 unspecified atom stereocenters. The number of halogens is 1. The van der Waals surface area contributed by atoms with E-state index in [1.165, 1.54) is 24.3 Å². The molecule has 23 heavy (non-hydrogen) atoms. The van der Waals surface area contributed by atoms with E-state index >= 15 is 0 Å². The molecule has 0 saturated heterocycles. The van der Waals surface area contributed by atoms with Crippen LogP contribution in [0.25, 0.3) is 11.3 Å². The van der Waals surface area contributed by atoms with Gasteiger partial charge in [0.15, 0.2) is 0 Å². The number of aromatic carboxylic acids is 1. The molecule has 1 heterocycles. The highest BCUT2D eigenvalue weighted by Gasteiger charge is 2.33. The van der Waals surface area contributed by atoms with Gasteiger partial charge in [-0.25, -0.2) is 9.18 Å². The van der Waals surface area contributed by atoms with Gasteiger partial charge in [-0.05, 0) is 44.0 Å². The molecule has 120 valence electrons. The number of rotatable bonds is 5. The molecule has 7 heteroatoms. The van der Waals surface area contributed by atoms with Gasteiger partial charge < -0.3 is 14.9 Å². The summed E-state index contributed by atoms with van der Waals surface area (Å²) in [6.07, 6.45) is 1.69. The fourth-order valence-electron chi connectivity index (χ4n) is 2.42. The maximum atomic E-state index is 13.1. The van der Waals surface area contributed by atoms with E-state index in [-0.39, 0.29) is 28.8 Å². The number of nitrogens with zero attached hydrogens (tertiary/aromatic N) is 1. The van der Waals surface area contributed by atoms with Crippen molar-refractivity contribution < 1.29 is 23.6 Å². The van der Waals surface area contributed by atoms with Gasteiger partial charge in [0.1, 0.15) is 11.5 Å². The zero-order valence-electron chi connectivity index (χ0n) is 12.4. The Balaban J connectivity index is 1.98. The first-order valence-electron chi connectivity index (χ1n) is 7.26. The molecule has 1 amide bonds. The van der Waals surface area contributed by atoms with Gasteiger partial charge in [-0.2, -0.15) is 0 Å². The van der Waals surface area contributed by atoms with Gasteiger partial charge in [0.05, 0.1) is 11.6 Å². The van der Waals surface area contributed by atoms with E-state index < -0.39 is 17.8 Å².